The number of ether oxygens (including phenoxy) is 1. The molecular weight excluding hydrogens is 324 g/mol. The molecule has 0 aromatic heterocycles. The Labute approximate surface area is 133 Å². The van der Waals surface area contributed by atoms with Crippen LogP contribution in [0.4, 0.5) is 0 Å². The highest BCUT2D eigenvalue weighted by molar-refractivity contribution is 7.91. The van der Waals surface area contributed by atoms with Gasteiger partial charge in [0.25, 0.3) is 5.91 Å². The summed E-state index contributed by atoms with van der Waals surface area (Å²) in [5, 5.41) is 2.24. The molecule has 8 nitrogen and oxygen atoms in total. The van der Waals surface area contributed by atoms with Crippen molar-refractivity contribution in [3.63, 3.8) is 0 Å². The van der Waals surface area contributed by atoms with Gasteiger partial charge in [0.15, 0.2) is 16.4 Å². The number of hydrogen-bond donors (Lipinski definition) is 2. The molecule has 126 valence electrons. The van der Waals surface area contributed by atoms with Gasteiger partial charge in [0.2, 0.25) is 5.91 Å². The molecule has 0 saturated heterocycles. The van der Waals surface area contributed by atoms with Crippen LogP contribution in [-0.4, -0.2) is 44.6 Å². The molecule has 0 aliphatic heterocycles. The Kier molecular flexibility index (Phi) is 6.70. The van der Waals surface area contributed by atoms with Crippen molar-refractivity contribution in [1.82, 2.24) is 5.32 Å². The van der Waals surface area contributed by atoms with Gasteiger partial charge in [-0.1, -0.05) is 18.2 Å². The first kappa shape index (κ1) is 18.6. The van der Waals surface area contributed by atoms with Crippen LogP contribution in [0.15, 0.2) is 35.2 Å². The minimum absolute atomic E-state index is 0.120. The normalized spacial score (nSPS) is 12.2. The van der Waals surface area contributed by atoms with Gasteiger partial charge in [-0.05, 0) is 18.6 Å². The predicted octanol–water partition coefficient (Wildman–Crippen LogP) is -0.616. The molecule has 0 unspecified atom stereocenters. The number of hydrogen-bond acceptors (Lipinski definition) is 6. The Bertz CT molecular complexity index is 672. The average Bonchev–Trinajstić information content (AvgIpc) is 2.50. The predicted molar refractivity (Wildman–Crippen MR) is 80.9 cm³/mol. The number of sulfone groups is 1. The van der Waals surface area contributed by atoms with Gasteiger partial charge in [-0.25, -0.2) is 8.42 Å². The van der Waals surface area contributed by atoms with Crippen molar-refractivity contribution in [2.45, 2.75) is 24.3 Å². The third-order valence-corrected chi connectivity index (χ3v) is 4.63. The van der Waals surface area contributed by atoms with E-state index in [4.69, 9.17) is 5.73 Å². The molecule has 1 atom stereocenters. The van der Waals surface area contributed by atoms with Crippen LogP contribution < -0.4 is 11.1 Å². The van der Waals surface area contributed by atoms with E-state index in [0.29, 0.717) is 0 Å². The Morgan fingerprint density at radius 3 is 2.35 bits per heavy atom. The van der Waals surface area contributed by atoms with Crippen LogP contribution in [-0.2, 0) is 29.0 Å². The van der Waals surface area contributed by atoms with Crippen LogP contribution in [0.3, 0.4) is 0 Å². The molecule has 9 heteroatoms. The Hall–Kier alpha value is -2.42. The second-order valence-electron chi connectivity index (χ2n) is 4.72. The van der Waals surface area contributed by atoms with Crippen molar-refractivity contribution in [2.24, 2.45) is 5.73 Å². The fourth-order valence-electron chi connectivity index (χ4n) is 1.71. The molecule has 23 heavy (non-hydrogen) atoms. The van der Waals surface area contributed by atoms with Crippen LogP contribution in [0.2, 0.25) is 0 Å². The Morgan fingerprint density at radius 2 is 1.83 bits per heavy atom. The maximum absolute atomic E-state index is 12.1. The minimum atomic E-state index is -3.59. The van der Waals surface area contributed by atoms with E-state index in [-0.39, 0.29) is 17.1 Å². The molecule has 1 rings (SSSR count). The maximum Gasteiger partial charge on any atom is 0.303 e. The lowest BCUT2D eigenvalue weighted by Gasteiger charge is -2.15. The highest BCUT2D eigenvalue weighted by Gasteiger charge is 2.23. The summed E-state index contributed by atoms with van der Waals surface area (Å²) in [4.78, 5) is 33.6. The van der Waals surface area contributed by atoms with E-state index in [9.17, 15) is 22.8 Å². The average molecular weight is 342 g/mol. The summed E-state index contributed by atoms with van der Waals surface area (Å²) < 4.78 is 28.7. The third kappa shape index (κ3) is 6.47. The lowest BCUT2D eigenvalue weighted by atomic mass is 10.2. The number of carbonyl (C=O) groups is 3. The first-order valence-electron chi connectivity index (χ1n) is 6.72. The van der Waals surface area contributed by atoms with Crippen molar-refractivity contribution in [1.29, 1.82) is 0 Å². The van der Waals surface area contributed by atoms with Crippen LogP contribution in [0.5, 0.6) is 0 Å². The lowest BCUT2D eigenvalue weighted by molar-refractivity contribution is -0.146. The lowest BCUT2D eigenvalue weighted by Crippen LogP contribution is -2.46. The fourth-order valence-corrected chi connectivity index (χ4v) is 3.06. The van der Waals surface area contributed by atoms with Crippen LogP contribution >= 0.6 is 0 Å². The fraction of sp³-hybridized carbons (Fsp3) is 0.357. The number of nitrogens with one attached hydrogen (secondary N) is 1. The van der Waals surface area contributed by atoms with Gasteiger partial charge >= 0.3 is 5.97 Å². The second kappa shape index (κ2) is 8.28. The summed E-state index contributed by atoms with van der Waals surface area (Å²) in [5.74, 6) is -2.62. The van der Waals surface area contributed by atoms with E-state index >= 15 is 0 Å². The zero-order chi connectivity index (χ0) is 17.5. The molecule has 3 N–H and O–H groups in total. The van der Waals surface area contributed by atoms with Crippen LogP contribution in [0.25, 0.3) is 0 Å². The second-order valence-corrected chi connectivity index (χ2v) is 6.83. The zero-order valence-electron chi connectivity index (χ0n) is 12.5. The van der Waals surface area contributed by atoms with Gasteiger partial charge in [-0.3, -0.25) is 14.4 Å². The van der Waals surface area contributed by atoms with Crippen molar-refractivity contribution >= 4 is 27.6 Å². The standard InChI is InChI=1S/C14H18N2O6S/c1-10(17)22-9-13(18)16-12(14(15)19)7-8-23(20,21)11-5-3-2-4-6-11/h2-6,12H,7-9H2,1H3,(H2,15,19)(H,16,18)/t12-/m1/s1. The zero-order valence-corrected chi connectivity index (χ0v) is 13.3. The van der Waals surface area contributed by atoms with E-state index < -0.39 is 40.3 Å². The molecule has 0 aliphatic carbocycles. The van der Waals surface area contributed by atoms with Gasteiger partial charge in [0.1, 0.15) is 6.04 Å². The smallest absolute Gasteiger partial charge is 0.303 e. The molecular formula is C14H18N2O6S. The monoisotopic (exact) mass is 342 g/mol. The molecule has 0 heterocycles. The molecule has 0 bridgehead atoms. The van der Waals surface area contributed by atoms with Gasteiger partial charge in [0, 0.05) is 6.92 Å². The molecule has 1 aromatic rings. The first-order valence-corrected chi connectivity index (χ1v) is 8.37. The van der Waals surface area contributed by atoms with Crippen molar-refractivity contribution < 1.29 is 27.5 Å². The molecule has 0 saturated carbocycles. The van der Waals surface area contributed by atoms with E-state index in [0.717, 1.165) is 6.92 Å². The van der Waals surface area contributed by atoms with Gasteiger partial charge < -0.3 is 15.8 Å². The molecule has 1 aromatic carbocycles. The van der Waals surface area contributed by atoms with Gasteiger partial charge in [-0.2, -0.15) is 0 Å². The van der Waals surface area contributed by atoms with Crippen LogP contribution in [0.1, 0.15) is 13.3 Å². The van der Waals surface area contributed by atoms with Crippen LogP contribution in [0, 0.1) is 0 Å². The Morgan fingerprint density at radius 1 is 1.22 bits per heavy atom. The molecule has 0 aliphatic rings. The number of primary amides is 1. The summed E-state index contributed by atoms with van der Waals surface area (Å²) in [6.07, 6.45) is -0.182. The number of carbonyl (C=O) groups excluding carboxylic acids is 3. The summed E-state index contributed by atoms with van der Waals surface area (Å²) >= 11 is 0. The summed E-state index contributed by atoms with van der Waals surface area (Å²) in [6.45, 7) is 0.565. The highest BCUT2D eigenvalue weighted by Crippen LogP contribution is 2.12. The molecule has 0 fully saturated rings. The van der Waals surface area contributed by atoms with E-state index in [1.165, 1.54) is 12.1 Å². The first-order chi connectivity index (χ1) is 10.7. The van der Waals surface area contributed by atoms with E-state index in [2.05, 4.69) is 10.1 Å². The summed E-state index contributed by atoms with van der Waals surface area (Å²) in [7, 11) is -3.59. The van der Waals surface area contributed by atoms with Crippen molar-refractivity contribution in [2.75, 3.05) is 12.4 Å². The maximum atomic E-state index is 12.1. The topological polar surface area (TPSA) is 133 Å². The highest BCUT2D eigenvalue weighted by atomic mass is 32.2. The SMILES string of the molecule is CC(=O)OCC(=O)N[C@H](CCS(=O)(=O)c1ccccc1)C(N)=O. The number of amides is 2. The summed E-state index contributed by atoms with van der Waals surface area (Å²) in [5.41, 5.74) is 5.15. The third-order valence-electron chi connectivity index (χ3n) is 2.86. The largest absolute Gasteiger partial charge is 0.456 e. The van der Waals surface area contributed by atoms with Gasteiger partial charge in [0.05, 0.1) is 10.6 Å². The number of benzene rings is 1. The Balaban J connectivity index is 2.65. The van der Waals surface area contributed by atoms with E-state index in [1.54, 1.807) is 18.2 Å². The van der Waals surface area contributed by atoms with E-state index in [1.807, 2.05) is 0 Å². The molecule has 0 spiro atoms. The number of nitrogens with two attached hydrogens (primary N) is 1. The minimum Gasteiger partial charge on any atom is -0.456 e. The van der Waals surface area contributed by atoms with Gasteiger partial charge in [-0.15, -0.1) is 0 Å². The summed E-state index contributed by atoms with van der Waals surface area (Å²) in [6, 6.07) is 6.55. The van der Waals surface area contributed by atoms with Crippen molar-refractivity contribution in [3.8, 4) is 0 Å². The quantitative estimate of drug-likeness (QED) is 0.605. The molecule has 2 amide bonds. The van der Waals surface area contributed by atoms with Crippen molar-refractivity contribution in [3.05, 3.63) is 30.3 Å². The number of rotatable bonds is 8. The molecule has 0 radical (unpaired) electrons. The number of esters is 1.